The van der Waals surface area contributed by atoms with Gasteiger partial charge in [0.1, 0.15) is 10.7 Å². The molecule has 0 atom stereocenters. The lowest BCUT2D eigenvalue weighted by molar-refractivity contribution is -0.119. The van der Waals surface area contributed by atoms with Crippen molar-refractivity contribution in [2.45, 2.75) is 25.6 Å². The van der Waals surface area contributed by atoms with Crippen LogP contribution < -0.4 is 10.9 Å². The summed E-state index contributed by atoms with van der Waals surface area (Å²) in [6, 6.07) is 7.50. The van der Waals surface area contributed by atoms with Crippen LogP contribution in [-0.4, -0.2) is 27.7 Å². The van der Waals surface area contributed by atoms with Gasteiger partial charge >= 0.3 is 0 Å². The number of hydrogen-bond acceptors (Lipinski definition) is 5. The van der Waals surface area contributed by atoms with Crippen LogP contribution in [0.25, 0.3) is 21.3 Å². The number of aromatic nitrogens is 2. The lowest BCUT2D eigenvalue weighted by Crippen LogP contribution is -2.31. The van der Waals surface area contributed by atoms with Crippen LogP contribution in [0.5, 0.6) is 0 Å². The van der Waals surface area contributed by atoms with E-state index in [0.717, 1.165) is 11.1 Å². The van der Waals surface area contributed by atoms with Crippen LogP contribution >= 0.6 is 34.7 Å². The van der Waals surface area contributed by atoms with Crippen LogP contribution in [0.2, 0.25) is 5.02 Å². The molecular formula is C18H18ClN3O2S2. The lowest BCUT2D eigenvalue weighted by Gasteiger charge is -2.07. The minimum Gasteiger partial charge on any atom is -0.353 e. The highest BCUT2D eigenvalue weighted by molar-refractivity contribution is 7.99. The second-order valence-electron chi connectivity index (χ2n) is 6.06. The molecule has 0 unspecified atom stereocenters. The molecule has 1 amide bonds. The fourth-order valence-corrected chi connectivity index (χ4v) is 4.30. The number of rotatable bonds is 6. The van der Waals surface area contributed by atoms with Gasteiger partial charge in [0.15, 0.2) is 0 Å². The van der Waals surface area contributed by atoms with Gasteiger partial charge in [-0.25, -0.2) is 4.98 Å². The normalized spacial score (nSPS) is 11.2. The minimum absolute atomic E-state index is 0.0189. The average molecular weight is 408 g/mol. The monoisotopic (exact) mass is 407 g/mol. The maximum absolute atomic E-state index is 12.6. The number of thioether (sulfide) groups is 1. The van der Waals surface area contributed by atoms with E-state index >= 15 is 0 Å². The number of carbonyl (C=O) groups is 1. The molecule has 0 aliphatic rings. The number of benzene rings is 1. The Morgan fingerprint density at radius 2 is 2.08 bits per heavy atom. The summed E-state index contributed by atoms with van der Waals surface area (Å²) in [5.41, 5.74) is 1.62. The third-order valence-corrected chi connectivity index (χ3v) is 5.64. The Morgan fingerprint density at radius 3 is 2.77 bits per heavy atom. The molecule has 0 saturated carbocycles. The Labute approximate surface area is 164 Å². The summed E-state index contributed by atoms with van der Waals surface area (Å²) in [6.45, 7) is 3.84. The molecule has 0 aliphatic carbocycles. The first-order valence-corrected chi connectivity index (χ1v) is 10.5. The number of carbonyl (C=O) groups excluding carboxylic acids is 1. The smallest absolute Gasteiger partial charge is 0.260 e. The van der Waals surface area contributed by atoms with Gasteiger partial charge in [0.2, 0.25) is 5.91 Å². The summed E-state index contributed by atoms with van der Waals surface area (Å²) in [5.74, 6) is 1.37. The van der Waals surface area contributed by atoms with Crippen LogP contribution in [0.15, 0.2) is 34.4 Å². The topological polar surface area (TPSA) is 74.8 Å². The van der Waals surface area contributed by atoms with E-state index in [2.05, 4.69) is 15.3 Å². The summed E-state index contributed by atoms with van der Waals surface area (Å²) >= 11 is 8.79. The van der Waals surface area contributed by atoms with E-state index in [4.69, 9.17) is 11.6 Å². The van der Waals surface area contributed by atoms with Crippen LogP contribution in [0.3, 0.4) is 0 Å². The molecule has 0 spiro atoms. The van der Waals surface area contributed by atoms with Gasteiger partial charge in [0.05, 0.1) is 16.9 Å². The number of fused-ring (bicyclic) bond motifs is 1. The van der Waals surface area contributed by atoms with Gasteiger partial charge < -0.3 is 10.3 Å². The first kappa shape index (κ1) is 18.9. The molecule has 1 aromatic carbocycles. The van der Waals surface area contributed by atoms with Gasteiger partial charge in [0, 0.05) is 22.0 Å². The summed E-state index contributed by atoms with van der Waals surface area (Å²) < 4.78 is 0. The summed E-state index contributed by atoms with van der Waals surface area (Å²) in [5, 5.41) is 6.01. The van der Waals surface area contributed by atoms with Crippen molar-refractivity contribution >= 4 is 50.8 Å². The van der Waals surface area contributed by atoms with E-state index in [1.165, 1.54) is 23.1 Å². The third-order valence-electron chi connectivity index (χ3n) is 3.57. The first-order valence-electron chi connectivity index (χ1n) is 8.07. The molecule has 0 saturated heterocycles. The van der Waals surface area contributed by atoms with E-state index in [-0.39, 0.29) is 17.5 Å². The number of thiophene rings is 1. The van der Waals surface area contributed by atoms with Gasteiger partial charge in [-0.3, -0.25) is 9.59 Å². The average Bonchev–Trinajstić information content (AvgIpc) is 2.99. The van der Waals surface area contributed by atoms with Gasteiger partial charge in [-0.05, 0) is 31.5 Å². The summed E-state index contributed by atoms with van der Waals surface area (Å²) in [4.78, 5) is 32.3. The highest BCUT2D eigenvalue weighted by Crippen LogP contribution is 2.31. The van der Waals surface area contributed by atoms with Crippen molar-refractivity contribution in [2.75, 3.05) is 5.75 Å². The standard InChI is InChI=1S/C18H18ClN3O2S2/c1-10(2)20-15(23)9-25-8-14-21-17(24)16-13(7-26-18(16)22-14)11-3-5-12(19)6-4-11/h3-7,10H,8-9H2,1-2H3,(H,20,23)(H,21,22,24). The molecule has 5 nitrogen and oxygen atoms in total. The van der Waals surface area contributed by atoms with E-state index in [1.807, 2.05) is 31.4 Å². The van der Waals surface area contributed by atoms with Crippen molar-refractivity contribution in [2.24, 2.45) is 0 Å². The molecule has 0 radical (unpaired) electrons. The first-order chi connectivity index (χ1) is 12.4. The number of hydrogen-bond donors (Lipinski definition) is 2. The van der Waals surface area contributed by atoms with Crippen molar-refractivity contribution in [3.05, 3.63) is 50.8 Å². The quantitative estimate of drug-likeness (QED) is 0.646. The Morgan fingerprint density at radius 1 is 1.35 bits per heavy atom. The van der Waals surface area contributed by atoms with Crippen molar-refractivity contribution in [1.82, 2.24) is 15.3 Å². The van der Waals surface area contributed by atoms with Crippen LogP contribution in [-0.2, 0) is 10.5 Å². The van der Waals surface area contributed by atoms with E-state index in [9.17, 15) is 9.59 Å². The Balaban J connectivity index is 1.78. The molecule has 2 aromatic heterocycles. The predicted octanol–water partition coefficient (Wildman–Crippen LogP) is 4.06. The largest absolute Gasteiger partial charge is 0.353 e. The van der Waals surface area contributed by atoms with Crippen molar-refractivity contribution < 1.29 is 4.79 Å². The van der Waals surface area contributed by atoms with Gasteiger partial charge in [0.25, 0.3) is 5.56 Å². The maximum Gasteiger partial charge on any atom is 0.260 e. The molecule has 8 heteroatoms. The molecule has 26 heavy (non-hydrogen) atoms. The highest BCUT2D eigenvalue weighted by Gasteiger charge is 2.13. The fourth-order valence-electron chi connectivity index (χ4n) is 2.51. The summed E-state index contributed by atoms with van der Waals surface area (Å²) in [6.07, 6.45) is 0. The second kappa shape index (κ2) is 8.24. The zero-order valence-electron chi connectivity index (χ0n) is 14.3. The van der Waals surface area contributed by atoms with Crippen LogP contribution in [0.1, 0.15) is 19.7 Å². The molecule has 0 fully saturated rings. The zero-order chi connectivity index (χ0) is 18.7. The number of nitrogens with one attached hydrogen (secondary N) is 2. The number of amides is 1. The Hall–Kier alpha value is -1.83. The van der Waals surface area contributed by atoms with Crippen molar-refractivity contribution in [1.29, 1.82) is 0 Å². The minimum atomic E-state index is -0.163. The predicted molar refractivity (Wildman–Crippen MR) is 110 cm³/mol. The molecule has 0 bridgehead atoms. The van der Waals surface area contributed by atoms with Crippen LogP contribution in [0, 0.1) is 0 Å². The van der Waals surface area contributed by atoms with E-state index in [1.54, 1.807) is 12.1 Å². The Bertz CT molecular complexity index is 980. The lowest BCUT2D eigenvalue weighted by atomic mass is 10.1. The highest BCUT2D eigenvalue weighted by atomic mass is 35.5. The van der Waals surface area contributed by atoms with E-state index < -0.39 is 0 Å². The molecular weight excluding hydrogens is 390 g/mol. The van der Waals surface area contributed by atoms with Crippen LogP contribution in [0.4, 0.5) is 0 Å². The van der Waals surface area contributed by atoms with E-state index in [0.29, 0.717) is 32.6 Å². The SMILES string of the molecule is CC(C)NC(=O)CSCc1nc2scc(-c3ccc(Cl)cc3)c2c(=O)[nH]1. The molecule has 0 aliphatic heterocycles. The molecule has 136 valence electrons. The molecule has 2 N–H and O–H groups in total. The van der Waals surface area contributed by atoms with Crippen molar-refractivity contribution in [3.8, 4) is 11.1 Å². The third kappa shape index (κ3) is 4.47. The van der Waals surface area contributed by atoms with Crippen molar-refractivity contribution in [3.63, 3.8) is 0 Å². The van der Waals surface area contributed by atoms with Gasteiger partial charge in [-0.1, -0.05) is 23.7 Å². The number of halogens is 1. The number of aromatic amines is 1. The van der Waals surface area contributed by atoms with Gasteiger partial charge in [-0.2, -0.15) is 0 Å². The molecule has 3 rings (SSSR count). The fraction of sp³-hybridized carbons (Fsp3) is 0.278. The van der Waals surface area contributed by atoms with Gasteiger partial charge in [-0.15, -0.1) is 23.1 Å². The second-order valence-corrected chi connectivity index (χ2v) is 8.34. The number of nitrogens with zero attached hydrogens (tertiary/aromatic N) is 1. The summed E-state index contributed by atoms with van der Waals surface area (Å²) in [7, 11) is 0. The molecule has 3 aromatic rings. The Kier molecular flexibility index (Phi) is 6.01. The molecule has 2 heterocycles. The zero-order valence-corrected chi connectivity index (χ0v) is 16.7. The maximum atomic E-state index is 12.6. The number of H-pyrrole nitrogens is 1.